The summed E-state index contributed by atoms with van der Waals surface area (Å²) in [6, 6.07) is 0. The highest BCUT2D eigenvalue weighted by Gasteiger charge is 2.85. The van der Waals surface area contributed by atoms with E-state index in [0.29, 0.717) is 24.2 Å². The molecular formula is C22H32O5. The van der Waals surface area contributed by atoms with E-state index in [0.717, 1.165) is 19.3 Å². The Kier molecular flexibility index (Phi) is 3.38. The van der Waals surface area contributed by atoms with Crippen molar-refractivity contribution in [2.45, 2.75) is 90.6 Å². The third kappa shape index (κ3) is 2.10. The van der Waals surface area contributed by atoms with Gasteiger partial charge in [0, 0.05) is 19.3 Å². The van der Waals surface area contributed by atoms with Gasteiger partial charge in [-0.05, 0) is 47.8 Å². The van der Waals surface area contributed by atoms with Crippen LogP contribution in [-0.2, 0) is 23.8 Å². The number of ether oxygens (including phenoxy) is 3. The molecule has 3 saturated carbocycles. The average molecular weight is 376 g/mol. The highest BCUT2D eigenvalue weighted by atomic mass is 16.8. The maximum atomic E-state index is 12.1. The van der Waals surface area contributed by atoms with Gasteiger partial charge in [-0.2, -0.15) is 0 Å². The predicted molar refractivity (Wildman–Crippen MR) is 97.4 cm³/mol. The lowest BCUT2D eigenvalue weighted by atomic mass is 9.42. The lowest BCUT2D eigenvalue weighted by Crippen LogP contribution is -2.62. The van der Waals surface area contributed by atoms with E-state index in [1.807, 2.05) is 0 Å². The molecule has 2 saturated heterocycles. The molecule has 0 bridgehead atoms. The fourth-order valence-electron chi connectivity index (χ4n) is 8.27. The Morgan fingerprint density at radius 2 is 1.96 bits per heavy atom. The molecule has 0 radical (unpaired) electrons. The summed E-state index contributed by atoms with van der Waals surface area (Å²) in [7, 11) is 0. The van der Waals surface area contributed by atoms with Crippen molar-refractivity contribution >= 4 is 11.9 Å². The van der Waals surface area contributed by atoms with Gasteiger partial charge in [0.15, 0.2) is 5.60 Å². The number of fused-ring (bicyclic) bond motifs is 3. The van der Waals surface area contributed by atoms with Crippen molar-refractivity contribution in [2.24, 2.45) is 34.5 Å². The maximum Gasteiger partial charge on any atom is 0.311 e. The second-order valence-electron chi connectivity index (χ2n) is 10.9. The molecule has 150 valence electrons. The van der Waals surface area contributed by atoms with Gasteiger partial charge in [-0.15, -0.1) is 0 Å². The number of carbonyl (C=O) groups is 2. The summed E-state index contributed by atoms with van der Waals surface area (Å²) < 4.78 is 17.9. The quantitative estimate of drug-likeness (QED) is 0.514. The average Bonchev–Trinajstić information content (AvgIpc) is 3.05. The number of hydrogen-bond donors (Lipinski definition) is 0. The molecule has 0 aromatic heterocycles. The Labute approximate surface area is 161 Å². The normalized spacial score (nSPS) is 54.7. The highest BCUT2D eigenvalue weighted by molar-refractivity contribution is 5.76. The van der Waals surface area contributed by atoms with Crippen LogP contribution in [0.4, 0.5) is 0 Å². The smallest absolute Gasteiger partial charge is 0.311 e. The van der Waals surface area contributed by atoms with Crippen molar-refractivity contribution in [1.82, 2.24) is 0 Å². The van der Waals surface area contributed by atoms with Gasteiger partial charge in [0.2, 0.25) is 5.79 Å². The fraction of sp³-hybridized carbons (Fsp3) is 0.909. The van der Waals surface area contributed by atoms with Crippen LogP contribution in [-0.4, -0.2) is 29.4 Å². The molecule has 5 aliphatic rings. The molecule has 5 fully saturated rings. The van der Waals surface area contributed by atoms with Crippen molar-refractivity contribution in [2.75, 3.05) is 0 Å². The number of epoxide rings is 1. The molecule has 3 aliphatic carbocycles. The summed E-state index contributed by atoms with van der Waals surface area (Å²) in [5.41, 5.74) is -0.232. The topological polar surface area (TPSA) is 65.1 Å². The first-order chi connectivity index (χ1) is 12.5. The Balaban J connectivity index is 1.57. The Bertz CT molecular complexity index is 715. The van der Waals surface area contributed by atoms with Crippen LogP contribution in [0.5, 0.6) is 0 Å². The van der Waals surface area contributed by atoms with Crippen molar-refractivity contribution < 1.29 is 23.8 Å². The van der Waals surface area contributed by atoms with Gasteiger partial charge in [0.25, 0.3) is 0 Å². The van der Waals surface area contributed by atoms with E-state index in [2.05, 4.69) is 27.7 Å². The zero-order valence-electron chi connectivity index (χ0n) is 17.2. The van der Waals surface area contributed by atoms with Gasteiger partial charge in [0.05, 0.1) is 6.42 Å². The lowest BCUT2D eigenvalue weighted by molar-refractivity contribution is -0.206. The minimum atomic E-state index is -0.673. The zero-order chi connectivity index (χ0) is 19.4. The first kappa shape index (κ1) is 18.0. The first-order valence-electron chi connectivity index (χ1n) is 10.6. The van der Waals surface area contributed by atoms with Crippen LogP contribution in [0, 0.1) is 34.5 Å². The van der Waals surface area contributed by atoms with Gasteiger partial charge in [-0.1, -0.05) is 34.1 Å². The van der Waals surface area contributed by atoms with Gasteiger partial charge in [-0.25, -0.2) is 0 Å². The summed E-state index contributed by atoms with van der Waals surface area (Å²) in [4.78, 5) is 24.0. The van der Waals surface area contributed by atoms with Crippen LogP contribution in [0.25, 0.3) is 0 Å². The molecule has 2 aliphatic heterocycles. The molecule has 0 amide bonds. The van der Waals surface area contributed by atoms with Gasteiger partial charge >= 0.3 is 11.9 Å². The van der Waals surface area contributed by atoms with E-state index in [-0.39, 0.29) is 34.8 Å². The van der Waals surface area contributed by atoms with Gasteiger partial charge < -0.3 is 14.2 Å². The molecule has 2 heterocycles. The molecule has 27 heavy (non-hydrogen) atoms. The lowest BCUT2D eigenvalue weighted by Gasteiger charge is -2.63. The Hall–Kier alpha value is -1.10. The largest absolute Gasteiger partial charge is 0.462 e. The van der Waals surface area contributed by atoms with E-state index in [1.165, 1.54) is 19.8 Å². The Morgan fingerprint density at radius 1 is 1.22 bits per heavy atom. The molecule has 0 aromatic rings. The minimum absolute atomic E-state index is 0.0489. The third-order valence-corrected chi connectivity index (χ3v) is 9.15. The third-order valence-electron chi connectivity index (χ3n) is 9.15. The molecule has 5 rings (SSSR count). The summed E-state index contributed by atoms with van der Waals surface area (Å²) >= 11 is 0. The van der Waals surface area contributed by atoms with Crippen LogP contribution < -0.4 is 0 Å². The maximum absolute atomic E-state index is 12.1. The highest BCUT2D eigenvalue weighted by Crippen LogP contribution is 2.74. The molecule has 5 nitrogen and oxygen atoms in total. The molecule has 0 unspecified atom stereocenters. The van der Waals surface area contributed by atoms with Crippen LogP contribution in [0.1, 0.15) is 73.1 Å². The predicted octanol–water partition coefficient (Wildman–Crippen LogP) is 3.84. The van der Waals surface area contributed by atoms with Gasteiger partial charge in [-0.3, -0.25) is 9.59 Å². The van der Waals surface area contributed by atoms with Crippen LogP contribution >= 0.6 is 0 Å². The summed E-state index contributed by atoms with van der Waals surface area (Å²) in [6.07, 6.45) is 5.52. The monoisotopic (exact) mass is 376 g/mol. The van der Waals surface area contributed by atoms with Crippen molar-refractivity contribution in [3.63, 3.8) is 0 Å². The molecule has 8 atom stereocenters. The zero-order valence-corrected chi connectivity index (χ0v) is 17.2. The summed E-state index contributed by atoms with van der Waals surface area (Å²) in [6.45, 7) is 10.8. The van der Waals surface area contributed by atoms with Crippen LogP contribution in [0.2, 0.25) is 0 Å². The summed E-state index contributed by atoms with van der Waals surface area (Å²) in [5, 5.41) is 0. The molecule has 0 spiro atoms. The van der Waals surface area contributed by atoms with E-state index >= 15 is 0 Å². The molecule has 0 aromatic carbocycles. The van der Waals surface area contributed by atoms with E-state index in [9.17, 15) is 9.59 Å². The molecule has 5 heteroatoms. The van der Waals surface area contributed by atoms with Crippen molar-refractivity contribution in [3.8, 4) is 0 Å². The molecular weight excluding hydrogens is 344 g/mol. The molecule has 0 N–H and O–H groups in total. The van der Waals surface area contributed by atoms with Crippen molar-refractivity contribution in [1.29, 1.82) is 0 Å². The standard InChI is InChI=1S/C22H32O5/c1-12-14-9-16(25-13(2)23)18-19(3,4)7-6-8-20(18,5)15(14)10-22-21(12,27-22)11-17(24)26-22/h12,14-16,18H,6-11H2,1-5H3/t12-,14+,15+,16-,18+,20-,21+,22-/m1/s1. The van der Waals surface area contributed by atoms with E-state index < -0.39 is 11.4 Å². The number of esters is 2. The second-order valence-corrected chi connectivity index (χ2v) is 10.9. The van der Waals surface area contributed by atoms with Crippen LogP contribution in [0.3, 0.4) is 0 Å². The minimum Gasteiger partial charge on any atom is -0.462 e. The summed E-state index contributed by atoms with van der Waals surface area (Å²) in [5.74, 6) is 0.433. The van der Waals surface area contributed by atoms with E-state index in [4.69, 9.17) is 14.2 Å². The van der Waals surface area contributed by atoms with Crippen LogP contribution in [0.15, 0.2) is 0 Å². The number of carbonyl (C=O) groups excluding carboxylic acids is 2. The number of hydrogen-bond acceptors (Lipinski definition) is 5. The Morgan fingerprint density at radius 3 is 2.67 bits per heavy atom. The van der Waals surface area contributed by atoms with E-state index in [1.54, 1.807) is 0 Å². The first-order valence-corrected chi connectivity index (χ1v) is 10.6. The fourth-order valence-corrected chi connectivity index (χ4v) is 8.27. The van der Waals surface area contributed by atoms with Gasteiger partial charge in [0.1, 0.15) is 6.10 Å². The second kappa shape index (κ2) is 5.08. The number of rotatable bonds is 1. The SMILES string of the molecule is CC(=O)O[C@@H]1C[C@H]2[C@@H](C)[C@@]34CC(=O)O[C@]3(C[C@@H]2[C@@]2(C)CCCC(C)(C)[C@H]12)O4. The van der Waals surface area contributed by atoms with Crippen molar-refractivity contribution in [3.05, 3.63) is 0 Å².